The lowest BCUT2D eigenvalue weighted by Crippen LogP contribution is -2.42. The van der Waals surface area contributed by atoms with Gasteiger partial charge in [0.05, 0.1) is 16.8 Å². The van der Waals surface area contributed by atoms with E-state index in [9.17, 15) is 18.0 Å². The molecule has 27 heavy (non-hydrogen) atoms. The highest BCUT2D eigenvalue weighted by Gasteiger charge is 2.52. The number of carbonyl (C=O) groups is 1. The second-order valence-electron chi connectivity index (χ2n) is 7.57. The number of rotatable bonds is 4. The number of halogens is 3. The van der Waals surface area contributed by atoms with Gasteiger partial charge in [-0.2, -0.15) is 13.2 Å². The average molecular weight is 386 g/mol. The van der Waals surface area contributed by atoms with Crippen molar-refractivity contribution in [3.8, 4) is 0 Å². The van der Waals surface area contributed by atoms with Gasteiger partial charge in [-0.3, -0.25) is 0 Å². The van der Waals surface area contributed by atoms with Gasteiger partial charge in [0.25, 0.3) is 0 Å². The first-order valence-electron chi connectivity index (χ1n) is 8.84. The van der Waals surface area contributed by atoms with Crippen LogP contribution in [0.2, 0.25) is 0 Å². The highest BCUT2D eigenvalue weighted by Crippen LogP contribution is 2.37. The first-order valence-corrected chi connectivity index (χ1v) is 8.84. The molecule has 0 radical (unpaired) electrons. The van der Waals surface area contributed by atoms with Crippen LogP contribution in [-0.2, 0) is 22.0 Å². The fourth-order valence-corrected chi connectivity index (χ4v) is 2.81. The Morgan fingerprint density at radius 1 is 1.19 bits per heavy atom. The smallest absolute Gasteiger partial charge is 0.399 e. The molecule has 9 heteroatoms. The van der Waals surface area contributed by atoms with Crippen LogP contribution in [0.15, 0.2) is 18.2 Å². The van der Waals surface area contributed by atoms with Gasteiger partial charge in [-0.05, 0) is 51.7 Å². The number of urea groups is 1. The molecule has 0 aliphatic carbocycles. The second-order valence-corrected chi connectivity index (χ2v) is 7.57. The lowest BCUT2D eigenvalue weighted by atomic mass is 9.75. The molecule has 0 unspecified atom stereocenters. The summed E-state index contributed by atoms with van der Waals surface area (Å²) < 4.78 is 51.6. The predicted octanol–water partition coefficient (Wildman–Crippen LogP) is 3.17. The summed E-state index contributed by atoms with van der Waals surface area (Å²) in [6.07, 6.45) is -4.48. The van der Waals surface area contributed by atoms with Gasteiger partial charge in [-0.15, -0.1) is 0 Å². The Morgan fingerprint density at radius 2 is 1.74 bits per heavy atom. The topological polar surface area (TPSA) is 50.8 Å². The third kappa shape index (κ3) is 4.40. The lowest BCUT2D eigenvalue weighted by Gasteiger charge is -2.32. The molecule has 1 aromatic rings. The summed E-state index contributed by atoms with van der Waals surface area (Å²) >= 11 is 0. The van der Waals surface area contributed by atoms with Crippen LogP contribution in [0.5, 0.6) is 0 Å². The lowest BCUT2D eigenvalue weighted by molar-refractivity contribution is -0.137. The summed E-state index contributed by atoms with van der Waals surface area (Å²) in [4.78, 5) is 13.4. The van der Waals surface area contributed by atoms with Crippen LogP contribution in [0.25, 0.3) is 0 Å². The Bertz CT molecular complexity index is 692. The van der Waals surface area contributed by atoms with Crippen LogP contribution in [0.1, 0.15) is 45.7 Å². The van der Waals surface area contributed by atoms with Crippen molar-refractivity contribution in [3.05, 3.63) is 29.3 Å². The van der Waals surface area contributed by atoms with E-state index < -0.39 is 30.1 Å². The van der Waals surface area contributed by atoms with Gasteiger partial charge in [-0.25, -0.2) is 4.79 Å². The van der Waals surface area contributed by atoms with Gasteiger partial charge in [-0.1, -0.05) is 12.1 Å². The zero-order valence-corrected chi connectivity index (χ0v) is 16.5. The summed E-state index contributed by atoms with van der Waals surface area (Å²) in [7, 11) is 0.669. The van der Waals surface area contributed by atoms with Gasteiger partial charge < -0.3 is 19.5 Å². The fraction of sp³-hybridized carbons (Fsp3) is 0.611. The minimum atomic E-state index is -4.48. The molecule has 0 saturated carbocycles. The van der Waals surface area contributed by atoms with Crippen molar-refractivity contribution in [1.82, 2.24) is 10.2 Å². The first-order chi connectivity index (χ1) is 12.3. The maximum atomic E-state index is 13.2. The van der Waals surface area contributed by atoms with E-state index in [1.165, 1.54) is 18.0 Å². The van der Waals surface area contributed by atoms with Crippen molar-refractivity contribution in [2.24, 2.45) is 0 Å². The van der Waals surface area contributed by atoms with E-state index in [2.05, 4.69) is 5.32 Å². The van der Waals surface area contributed by atoms with Crippen molar-refractivity contribution in [1.29, 1.82) is 0 Å². The highest BCUT2D eigenvalue weighted by atomic mass is 19.4. The van der Waals surface area contributed by atoms with Crippen LogP contribution < -0.4 is 10.8 Å². The molecule has 0 spiro atoms. The van der Waals surface area contributed by atoms with Crippen molar-refractivity contribution >= 4 is 18.6 Å². The second kappa shape index (κ2) is 7.35. The Hall–Kier alpha value is -1.74. The molecule has 1 aliphatic heterocycles. The molecule has 1 fully saturated rings. The molecular formula is C18H26BF3N2O3. The molecule has 0 atom stereocenters. The molecule has 0 aromatic heterocycles. The molecular weight excluding hydrogens is 360 g/mol. The Kier molecular flexibility index (Phi) is 5.87. The molecule has 1 N–H and O–H groups in total. The highest BCUT2D eigenvalue weighted by molar-refractivity contribution is 6.62. The molecule has 5 nitrogen and oxygen atoms in total. The number of hydrogen-bond acceptors (Lipinski definition) is 3. The molecule has 1 heterocycles. The first kappa shape index (κ1) is 21.6. The van der Waals surface area contributed by atoms with E-state index in [0.717, 1.165) is 12.1 Å². The van der Waals surface area contributed by atoms with Crippen LogP contribution in [0, 0.1) is 0 Å². The summed E-state index contributed by atoms with van der Waals surface area (Å²) in [5.74, 6) is 0. The van der Waals surface area contributed by atoms with Gasteiger partial charge in [0.2, 0.25) is 0 Å². The summed E-state index contributed by atoms with van der Waals surface area (Å²) in [6.45, 7) is 9.62. The van der Waals surface area contributed by atoms with Gasteiger partial charge in [0.15, 0.2) is 0 Å². The Labute approximate surface area is 158 Å². The molecule has 150 valence electrons. The maximum absolute atomic E-state index is 13.2. The van der Waals surface area contributed by atoms with Gasteiger partial charge in [0, 0.05) is 20.1 Å². The molecule has 2 amide bonds. The van der Waals surface area contributed by atoms with E-state index in [4.69, 9.17) is 9.31 Å². The van der Waals surface area contributed by atoms with Crippen molar-refractivity contribution < 1.29 is 27.3 Å². The standard InChI is InChI=1S/C18H26BF3N2O3/c1-7-24(15(25)23-6)11-12-10-13(18(20,21)22)8-9-14(12)19-26-16(2,3)17(4,5)27-19/h8-10H,7,11H2,1-6H3,(H,23,25). The SMILES string of the molecule is CCN(Cc1cc(C(F)(F)F)ccc1B1OC(C)(C)C(C)(C)O1)C(=O)NC. The maximum Gasteiger partial charge on any atom is 0.495 e. The largest absolute Gasteiger partial charge is 0.495 e. The van der Waals surface area contributed by atoms with Crippen LogP contribution in [0.3, 0.4) is 0 Å². The molecule has 1 aromatic carbocycles. The third-order valence-corrected chi connectivity index (χ3v) is 5.22. The zero-order valence-electron chi connectivity index (χ0n) is 16.5. The molecule has 1 aliphatic rings. The van der Waals surface area contributed by atoms with E-state index >= 15 is 0 Å². The number of benzene rings is 1. The van der Waals surface area contributed by atoms with Crippen molar-refractivity contribution in [2.45, 2.75) is 58.5 Å². The van der Waals surface area contributed by atoms with Crippen molar-refractivity contribution in [3.63, 3.8) is 0 Å². The number of hydrogen-bond donors (Lipinski definition) is 1. The van der Waals surface area contributed by atoms with E-state index in [-0.39, 0.29) is 12.6 Å². The van der Waals surface area contributed by atoms with E-state index in [1.807, 2.05) is 27.7 Å². The Morgan fingerprint density at radius 3 is 2.19 bits per heavy atom. The van der Waals surface area contributed by atoms with Crippen molar-refractivity contribution in [2.75, 3.05) is 13.6 Å². The summed E-state index contributed by atoms with van der Waals surface area (Å²) in [6, 6.07) is 3.08. The molecule has 1 saturated heterocycles. The average Bonchev–Trinajstić information content (AvgIpc) is 2.78. The number of nitrogens with one attached hydrogen (secondary N) is 1. The van der Waals surface area contributed by atoms with Gasteiger partial charge >= 0.3 is 19.3 Å². The summed E-state index contributed by atoms with van der Waals surface area (Å²) in [5, 5.41) is 2.50. The van der Waals surface area contributed by atoms with Gasteiger partial charge in [0.1, 0.15) is 0 Å². The Balaban J connectivity index is 2.46. The van der Waals surface area contributed by atoms with Crippen LogP contribution >= 0.6 is 0 Å². The quantitative estimate of drug-likeness (QED) is 0.809. The summed E-state index contributed by atoms with van der Waals surface area (Å²) in [5.41, 5.74) is -1.19. The number of alkyl halides is 3. The van der Waals surface area contributed by atoms with Crippen LogP contribution in [0.4, 0.5) is 18.0 Å². The fourth-order valence-electron chi connectivity index (χ4n) is 2.81. The normalized spacial score (nSPS) is 18.5. The van der Waals surface area contributed by atoms with E-state index in [0.29, 0.717) is 17.6 Å². The predicted molar refractivity (Wildman–Crippen MR) is 97.7 cm³/mol. The molecule has 2 rings (SSSR count). The van der Waals surface area contributed by atoms with E-state index in [1.54, 1.807) is 6.92 Å². The zero-order chi connectivity index (χ0) is 20.6. The minimum Gasteiger partial charge on any atom is -0.399 e. The van der Waals surface area contributed by atoms with Crippen LogP contribution in [-0.4, -0.2) is 42.8 Å². The number of carbonyl (C=O) groups excluding carboxylic acids is 1. The monoisotopic (exact) mass is 386 g/mol. The number of nitrogens with zero attached hydrogens (tertiary/aromatic N) is 1. The third-order valence-electron chi connectivity index (χ3n) is 5.22. The number of amides is 2. The minimum absolute atomic E-state index is 0.0134. The molecule has 0 bridgehead atoms.